The number of halogens is 1. The number of benzene rings is 3. The molecule has 8 heteroatoms. The molecule has 1 N–H and O–H groups in total. The second-order valence-corrected chi connectivity index (χ2v) is 9.50. The largest absolute Gasteiger partial charge is 0.507 e. The lowest BCUT2D eigenvalue weighted by Crippen LogP contribution is -2.29. The molecule has 1 amide bonds. The van der Waals surface area contributed by atoms with Crippen LogP contribution in [0.3, 0.4) is 0 Å². The molecule has 0 spiro atoms. The van der Waals surface area contributed by atoms with Gasteiger partial charge in [0.25, 0.3) is 11.7 Å². The van der Waals surface area contributed by atoms with Crippen molar-refractivity contribution in [1.82, 2.24) is 4.90 Å². The fraction of sp³-hybridized carbons (Fsp3) is 0.267. The molecular formula is C30H30ClNO6. The van der Waals surface area contributed by atoms with E-state index >= 15 is 0 Å². The second kappa shape index (κ2) is 11.6. The summed E-state index contributed by atoms with van der Waals surface area (Å²) >= 11 is 6.23. The van der Waals surface area contributed by atoms with Crippen LogP contribution in [0.4, 0.5) is 0 Å². The minimum absolute atomic E-state index is 0.0102. The van der Waals surface area contributed by atoms with E-state index in [1.807, 2.05) is 39.0 Å². The fourth-order valence-electron chi connectivity index (χ4n) is 4.43. The smallest absolute Gasteiger partial charge is 0.295 e. The lowest BCUT2D eigenvalue weighted by atomic mass is 9.95. The average Bonchev–Trinajstić information content (AvgIpc) is 3.15. The Labute approximate surface area is 227 Å². The van der Waals surface area contributed by atoms with Crippen LogP contribution in [-0.4, -0.2) is 41.5 Å². The number of amides is 1. The molecule has 198 valence electrons. The van der Waals surface area contributed by atoms with Crippen LogP contribution in [0.2, 0.25) is 5.02 Å². The summed E-state index contributed by atoms with van der Waals surface area (Å²) in [5.41, 5.74) is 1.74. The number of hydrogen-bond acceptors (Lipinski definition) is 6. The van der Waals surface area contributed by atoms with Gasteiger partial charge in [0, 0.05) is 12.1 Å². The highest BCUT2D eigenvalue weighted by Crippen LogP contribution is 2.41. The number of carbonyl (C=O) groups is 2. The Morgan fingerprint density at radius 1 is 1.03 bits per heavy atom. The maximum atomic E-state index is 13.4. The SMILES string of the molecule is CCOc1cc(/C(O)=C2/C(=O)C(=O)N(Cc3cccc(OC)c3)C2c2ccc(OC(C)C)cc2)ccc1Cl. The van der Waals surface area contributed by atoms with Crippen molar-refractivity contribution in [3.05, 3.63) is 94.0 Å². The van der Waals surface area contributed by atoms with Gasteiger partial charge in [0.05, 0.1) is 36.5 Å². The molecule has 0 aliphatic carbocycles. The van der Waals surface area contributed by atoms with E-state index in [1.165, 1.54) is 4.90 Å². The van der Waals surface area contributed by atoms with Crippen LogP contribution in [0.25, 0.3) is 5.76 Å². The first-order valence-electron chi connectivity index (χ1n) is 12.3. The molecule has 0 bridgehead atoms. The van der Waals surface area contributed by atoms with Crippen LogP contribution in [0, 0.1) is 0 Å². The Kier molecular flexibility index (Phi) is 8.27. The molecular weight excluding hydrogens is 506 g/mol. The van der Waals surface area contributed by atoms with E-state index < -0.39 is 17.7 Å². The van der Waals surface area contributed by atoms with E-state index in [1.54, 1.807) is 55.6 Å². The van der Waals surface area contributed by atoms with E-state index in [0.29, 0.717) is 40.0 Å². The summed E-state index contributed by atoms with van der Waals surface area (Å²) in [4.78, 5) is 28.2. The Bertz CT molecular complexity index is 1370. The molecule has 1 heterocycles. The van der Waals surface area contributed by atoms with E-state index in [2.05, 4.69) is 0 Å². The summed E-state index contributed by atoms with van der Waals surface area (Å²) in [5.74, 6) is -0.119. The lowest BCUT2D eigenvalue weighted by molar-refractivity contribution is -0.140. The Hall–Kier alpha value is -3.97. The highest BCUT2D eigenvalue weighted by atomic mass is 35.5. The monoisotopic (exact) mass is 535 g/mol. The number of aliphatic hydroxyl groups is 1. The van der Waals surface area contributed by atoms with Crippen LogP contribution in [0.5, 0.6) is 17.2 Å². The topological polar surface area (TPSA) is 85.3 Å². The van der Waals surface area contributed by atoms with Gasteiger partial charge in [-0.25, -0.2) is 0 Å². The van der Waals surface area contributed by atoms with Gasteiger partial charge in [-0.1, -0.05) is 35.9 Å². The minimum Gasteiger partial charge on any atom is -0.507 e. The predicted molar refractivity (Wildman–Crippen MR) is 146 cm³/mol. The predicted octanol–water partition coefficient (Wildman–Crippen LogP) is 6.16. The maximum Gasteiger partial charge on any atom is 0.295 e. The first kappa shape index (κ1) is 27.1. The molecule has 1 atom stereocenters. The summed E-state index contributed by atoms with van der Waals surface area (Å²) in [6, 6.07) is 18.4. The van der Waals surface area contributed by atoms with Crippen molar-refractivity contribution in [2.45, 2.75) is 39.5 Å². The molecule has 7 nitrogen and oxygen atoms in total. The van der Waals surface area contributed by atoms with Crippen LogP contribution in [0.1, 0.15) is 43.5 Å². The third kappa shape index (κ3) is 5.63. The number of methoxy groups -OCH3 is 1. The molecule has 0 radical (unpaired) electrons. The zero-order valence-electron chi connectivity index (χ0n) is 21.7. The first-order chi connectivity index (χ1) is 18.2. The van der Waals surface area contributed by atoms with Crippen LogP contribution < -0.4 is 14.2 Å². The third-order valence-electron chi connectivity index (χ3n) is 6.10. The van der Waals surface area contributed by atoms with Crippen molar-refractivity contribution < 1.29 is 28.9 Å². The van der Waals surface area contributed by atoms with Crippen molar-refractivity contribution >= 4 is 29.1 Å². The van der Waals surface area contributed by atoms with E-state index in [4.69, 9.17) is 25.8 Å². The number of nitrogens with zero attached hydrogens (tertiary/aromatic N) is 1. The second-order valence-electron chi connectivity index (χ2n) is 9.09. The Morgan fingerprint density at radius 3 is 2.42 bits per heavy atom. The number of carbonyl (C=O) groups excluding carboxylic acids is 2. The molecule has 0 aromatic heterocycles. The Balaban J connectivity index is 1.83. The summed E-state index contributed by atoms with van der Waals surface area (Å²) in [6.45, 7) is 6.19. The molecule has 4 rings (SSSR count). The molecule has 1 unspecified atom stereocenters. The molecule has 3 aromatic rings. The number of likely N-dealkylation sites (tertiary alicyclic amines) is 1. The van der Waals surface area contributed by atoms with Gasteiger partial charge < -0.3 is 24.2 Å². The molecule has 0 saturated carbocycles. The van der Waals surface area contributed by atoms with E-state index in [9.17, 15) is 14.7 Å². The quantitative estimate of drug-likeness (QED) is 0.201. The average molecular weight is 536 g/mol. The van der Waals surface area contributed by atoms with Gasteiger partial charge >= 0.3 is 0 Å². The normalized spacial score (nSPS) is 16.7. The molecule has 1 fully saturated rings. The van der Waals surface area contributed by atoms with Crippen molar-refractivity contribution in [3.8, 4) is 17.2 Å². The molecule has 1 aliphatic heterocycles. The number of Topliss-reactive ketones (excluding diaryl/α,β-unsaturated/α-hetero) is 1. The van der Waals surface area contributed by atoms with Crippen LogP contribution in [-0.2, 0) is 16.1 Å². The number of hydrogen-bond donors (Lipinski definition) is 1. The maximum absolute atomic E-state index is 13.4. The highest BCUT2D eigenvalue weighted by molar-refractivity contribution is 6.46. The van der Waals surface area contributed by atoms with Gasteiger partial charge in [-0.3, -0.25) is 9.59 Å². The van der Waals surface area contributed by atoms with Gasteiger partial charge in [-0.05, 0) is 74.4 Å². The molecule has 1 saturated heterocycles. The number of rotatable bonds is 9. The number of ether oxygens (including phenoxy) is 3. The van der Waals surface area contributed by atoms with E-state index in [0.717, 1.165) is 5.56 Å². The van der Waals surface area contributed by atoms with Crippen LogP contribution in [0.15, 0.2) is 72.3 Å². The van der Waals surface area contributed by atoms with E-state index in [-0.39, 0.29) is 24.0 Å². The first-order valence-corrected chi connectivity index (χ1v) is 12.7. The lowest BCUT2D eigenvalue weighted by Gasteiger charge is -2.26. The van der Waals surface area contributed by atoms with Gasteiger partial charge in [0.2, 0.25) is 0 Å². The Morgan fingerprint density at radius 2 is 1.76 bits per heavy atom. The van der Waals surface area contributed by atoms with Gasteiger partial charge in [0.1, 0.15) is 23.0 Å². The summed E-state index contributed by atoms with van der Waals surface area (Å²) in [7, 11) is 1.56. The zero-order valence-corrected chi connectivity index (χ0v) is 22.5. The number of aliphatic hydroxyl groups excluding tert-OH is 1. The van der Waals surface area contributed by atoms with Crippen molar-refractivity contribution in [1.29, 1.82) is 0 Å². The van der Waals surface area contributed by atoms with Crippen molar-refractivity contribution in [2.24, 2.45) is 0 Å². The third-order valence-corrected chi connectivity index (χ3v) is 6.41. The summed E-state index contributed by atoms with van der Waals surface area (Å²) in [6.07, 6.45) is -0.0102. The zero-order chi connectivity index (χ0) is 27.4. The molecule has 3 aromatic carbocycles. The minimum atomic E-state index is -0.833. The standard InChI is InChI=1S/C30H30ClNO6/c1-5-37-25-16-21(11-14-24(25)31)28(33)26-27(20-9-12-22(13-10-20)38-18(2)3)32(30(35)29(26)34)17-19-7-6-8-23(15-19)36-4/h6-16,18,27,33H,5,17H2,1-4H3/b28-26-. The van der Waals surface area contributed by atoms with Crippen molar-refractivity contribution in [3.63, 3.8) is 0 Å². The fourth-order valence-corrected chi connectivity index (χ4v) is 4.60. The highest BCUT2D eigenvalue weighted by Gasteiger charge is 2.46. The summed E-state index contributed by atoms with van der Waals surface area (Å²) < 4.78 is 16.7. The van der Waals surface area contributed by atoms with Gasteiger partial charge in [0.15, 0.2) is 0 Å². The van der Waals surface area contributed by atoms with Crippen molar-refractivity contribution in [2.75, 3.05) is 13.7 Å². The number of ketones is 1. The summed E-state index contributed by atoms with van der Waals surface area (Å²) in [5, 5.41) is 11.8. The van der Waals surface area contributed by atoms with Gasteiger partial charge in [-0.2, -0.15) is 0 Å². The molecule has 38 heavy (non-hydrogen) atoms. The molecule has 1 aliphatic rings. The van der Waals surface area contributed by atoms with Crippen LogP contribution >= 0.6 is 11.6 Å². The van der Waals surface area contributed by atoms with Gasteiger partial charge in [-0.15, -0.1) is 0 Å².